The van der Waals surface area contributed by atoms with Crippen LogP contribution in [0.3, 0.4) is 0 Å². The fraction of sp³-hybridized carbons (Fsp3) is 0.588. The minimum absolute atomic E-state index is 0.114. The second kappa shape index (κ2) is 8.49. The maximum atomic E-state index is 13.1. The molecule has 1 atom stereocenters. The molecule has 0 spiro atoms. The highest BCUT2D eigenvalue weighted by atomic mass is 35.5. The molecule has 1 aromatic carbocycles. The van der Waals surface area contributed by atoms with Crippen LogP contribution in [0, 0.1) is 5.92 Å². The number of nitrogens with one attached hydrogen (secondary N) is 1. The molecule has 1 heterocycles. The van der Waals surface area contributed by atoms with Crippen LogP contribution in [0.15, 0.2) is 23.1 Å². The summed E-state index contributed by atoms with van der Waals surface area (Å²) in [6.45, 7) is 5.31. The molecule has 3 N–H and O–H groups in total. The number of piperidine rings is 1. The first-order valence-electron chi connectivity index (χ1n) is 8.54. The smallest absolute Gasteiger partial charge is 0.244 e. The van der Waals surface area contributed by atoms with Gasteiger partial charge in [-0.3, -0.25) is 4.79 Å². The van der Waals surface area contributed by atoms with Gasteiger partial charge in [-0.25, -0.2) is 8.42 Å². The first-order chi connectivity index (χ1) is 11.8. The van der Waals surface area contributed by atoms with Gasteiger partial charge in [0.25, 0.3) is 0 Å². The minimum Gasteiger partial charge on any atom is -0.355 e. The van der Waals surface area contributed by atoms with Crippen LogP contribution in [0.4, 0.5) is 0 Å². The van der Waals surface area contributed by atoms with E-state index in [4.69, 9.17) is 17.3 Å². The van der Waals surface area contributed by atoms with Crippen LogP contribution in [0.1, 0.15) is 38.2 Å². The van der Waals surface area contributed by atoms with E-state index in [1.807, 2.05) is 19.9 Å². The molecule has 1 fully saturated rings. The van der Waals surface area contributed by atoms with Gasteiger partial charge >= 0.3 is 0 Å². The third-order valence-corrected chi connectivity index (χ3v) is 6.78. The Balaban J connectivity index is 2.24. The van der Waals surface area contributed by atoms with E-state index in [0.29, 0.717) is 32.5 Å². The van der Waals surface area contributed by atoms with Crippen molar-refractivity contribution >= 4 is 27.5 Å². The molecule has 1 amide bonds. The average Bonchev–Trinajstić information content (AvgIpc) is 2.59. The number of hydrogen-bond acceptors (Lipinski definition) is 4. The van der Waals surface area contributed by atoms with E-state index in [9.17, 15) is 13.2 Å². The molecule has 0 aromatic heterocycles. The highest BCUT2D eigenvalue weighted by Gasteiger charge is 2.34. The Kier molecular flexibility index (Phi) is 6.85. The summed E-state index contributed by atoms with van der Waals surface area (Å²) in [5.74, 6) is -0.308. The molecule has 1 unspecified atom stereocenters. The van der Waals surface area contributed by atoms with Crippen LogP contribution in [-0.4, -0.2) is 44.8 Å². The van der Waals surface area contributed by atoms with Crippen molar-refractivity contribution in [2.75, 3.05) is 26.2 Å². The van der Waals surface area contributed by atoms with Crippen molar-refractivity contribution in [3.05, 3.63) is 28.8 Å². The molecule has 2 rings (SSSR count). The SMILES string of the molecule is CC(C)c1ccc(Cl)c(S(=O)(=O)N2CCCC(C(=O)NCCN)C2)c1. The van der Waals surface area contributed by atoms with E-state index in [-0.39, 0.29) is 34.2 Å². The Hall–Kier alpha value is -1.15. The summed E-state index contributed by atoms with van der Waals surface area (Å²) < 4.78 is 27.5. The van der Waals surface area contributed by atoms with E-state index >= 15 is 0 Å². The lowest BCUT2D eigenvalue weighted by Crippen LogP contribution is -2.46. The molecule has 1 aliphatic heterocycles. The van der Waals surface area contributed by atoms with Crippen molar-refractivity contribution in [1.82, 2.24) is 9.62 Å². The molecular weight excluding hydrogens is 362 g/mol. The van der Waals surface area contributed by atoms with Gasteiger partial charge in [0.1, 0.15) is 4.90 Å². The topological polar surface area (TPSA) is 92.5 Å². The molecular formula is C17H26ClN3O3S. The third-order valence-electron chi connectivity index (χ3n) is 4.44. The van der Waals surface area contributed by atoms with Crippen LogP contribution in [-0.2, 0) is 14.8 Å². The van der Waals surface area contributed by atoms with Crippen LogP contribution in [0.2, 0.25) is 5.02 Å². The predicted molar refractivity (Wildman–Crippen MR) is 99.1 cm³/mol. The van der Waals surface area contributed by atoms with Crippen LogP contribution in [0.25, 0.3) is 0 Å². The Morgan fingerprint density at radius 3 is 2.80 bits per heavy atom. The number of hydrogen-bond donors (Lipinski definition) is 2. The lowest BCUT2D eigenvalue weighted by Gasteiger charge is -2.31. The molecule has 1 aromatic rings. The summed E-state index contributed by atoms with van der Waals surface area (Å²) in [6, 6.07) is 5.10. The quantitative estimate of drug-likeness (QED) is 0.780. The van der Waals surface area contributed by atoms with Gasteiger partial charge in [-0.2, -0.15) is 4.31 Å². The molecule has 1 aliphatic rings. The van der Waals surface area contributed by atoms with Gasteiger partial charge in [0.2, 0.25) is 15.9 Å². The summed E-state index contributed by atoms with van der Waals surface area (Å²) >= 11 is 6.17. The van der Waals surface area contributed by atoms with Crippen LogP contribution in [0.5, 0.6) is 0 Å². The fourth-order valence-corrected chi connectivity index (χ4v) is 4.96. The summed E-state index contributed by atoms with van der Waals surface area (Å²) in [4.78, 5) is 12.3. The highest BCUT2D eigenvalue weighted by Crippen LogP contribution is 2.31. The lowest BCUT2D eigenvalue weighted by atomic mass is 9.99. The van der Waals surface area contributed by atoms with Crippen LogP contribution >= 0.6 is 11.6 Å². The third kappa shape index (κ3) is 4.73. The molecule has 6 nitrogen and oxygen atoms in total. The van der Waals surface area contributed by atoms with Crippen molar-refractivity contribution in [3.63, 3.8) is 0 Å². The van der Waals surface area contributed by atoms with Gasteiger partial charge in [0.05, 0.1) is 10.9 Å². The minimum atomic E-state index is -3.74. The largest absolute Gasteiger partial charge is 0.355 e. The van der Waals surface area contributed by atoms with Crippen molar-refractivity contribution in [2.45, 2.75) is 37.5 Å². The zero-order chi connectivity index (χ0) is 18.6. The number of amides is 1. The fourth-order valence-electron chi connectivity index (χ4n) is 2.93. The molecule has 0 aliphatic carbocycles. The van der Waals surface area contributed by atoms with Gasteiger partial charge in [-0.15, -0.1) is 0 Å². The second-order valence-corrected chi connectivity index (χ2v) is 8.94. The Morgan fingerprint density at radius 2 is 2.16 bits per heavy atom. The zero-order valence-corrected chi connectivity index (χ0v) is 16.2. The number of halogens is 1. The summed E-state index contributed by atoms with van der Waals surface area (Å²) in [5, 5.41) is 2.95. The molecule has 0 radical (unpaired) electrons. The van der Waals surface area contributed by atoms with E-state index in [1.54, 1.807) is 12.1 Å². The molecule has 8 heteroatoms. The zero-order valence-electron chi connectivity index (χ0n) is 14.7. The van der Waals surface area contributed by atoms with E-state index in [1.165, 1.54) is 4.31 Å². The Morgan fingerprint density at radius 1 is 1.44 bits per heavy atom. The monoisotopic (exact) mass is 387 g/mol. The lowest BCUT2D eigenvalue weighted by molar-refractivity contribution is -0.126. The Bertz CT molecular complexity index is 722. The van der Waals surface area contributed by atoms with Gasteiger partial charge < -0.3 is 11.1 Å². The normalized spacial score (nSPS) is 19.2. The van der Waals surface area contributed by atoms with E-state index in [2.05, 4.69) is 5.32 Å². The number of sulfonamides is 1. The summed E-state index contributed by atoms with van der Waals surface area (Å²) in [7, 11) is -3.74. The van der Waals surface area contributed by atoms with Crippen molar-refractivity contribution in [1.29, 1.82) is 0 Å². The number of nitrogens with two attached hydrogens (primary N) is 1. The van der Waals surface area contributed by atoms with E-state index < -0.39 is 10.0 Å². The maximum Gasteiger partial charge on any atom is 0.244 e. The van der Waals surface area contributed by atoms with Crippen molar-refractivity contribution in [2.24, 2.45) is 11.7 Å². The predicted octanol–water partition coefficient (Wildman–Crippen LogP) is 1.94. The van der Waals surface area contributed by atoms with Crippen molar-refractivity contribution in [3.8, 4) is 0 Å². The maximum absolute atomic E-state index is 13.1. The molecule has 140 valence electrons. The summed E-state index contributed by atoms with van der Waals surface area (Å²) in [6.07, 6.45) is 1.31. The average molecular weight is 388 g/mol. The Labute approximate surface area is 154 Å². The number of carbonyl (C=O) groups is 1. The second-order valence-electron chi connectivity index (χ2n) is 6.63. The number of rotatable bonds is 6. The standard InChI is InChI=1S/C17H26ClN3O3S/c1-12(2)13-5-6-15(18)16(10-13)25(23,24)21-9-3-4-14(11-21)17(22)20-8-7-19/h5-6,10,12,14H,3-4,7-9,11,19H2,1-2H3,(H,20,22). The van der Waals surface area contributed by atoms with Crippen LogP contribution < -0.4 is 11.1 Å². The highest BCUT2D eigenvalue weighted by molar-refractivity contribution is 7.89. The van der Waals surface area contributed by atoms with Gasteiger partial charge in [0, 0.05) is 26.2 Å². The van der Waals surface area contributed by atoms with E-state index in [0.717, 1.165) is 5.56 Å². The molecule has 0 bridgehead atoms. The first kappa shape index (κ1) is 20.2. The first-order valence-corrected chi connectivity index (χ1v) is 10.4. The molecule has 1 saturated heterocycles. The number of nitrogens with zero attached hydrogens (tertiary/aromatic N) is 1. The van der Waals surface area contributed by atoms with Gasteiger partial charge in [-0.1, -0.05) is 31.5 Å². The molecule has 0 saturated carbocycles. The number of benzene rings is 1. The molecule has 25 heavy (non-hydrogen) atoms. The summed E-state index contributed by atoms with van der Waals surface area (Å²) in [5.41, 5.74) is 6.31. The van der Waals surface area contributed by atoms with Gasteiger partial charge in [0.15, 0.2) is 0 Å². The van der Waals surface area contributed by atoms with Crippen molar-refractivity contribution < 1.29 is 13.2 Å². The number of carbonyl (C=O) groups excluding carboxylic acids is 1. The van der Waals surface area contributed by atoms with Gasteiger partial charge in [-0.05, 0) is 36.5 Å².